The summed E-state index contributed by atoms with van der Waals surface area (Å²) in [7, 11) is 0. The second kappa shape index (κ2) is 5.41. The Hall–Kier alpha value is -1.36. The van der Waals surface area contributed by atoms with E-state index in [1.165, 1.54) is 13.3 Å². The molecule has 0 aromatic heterocycles. The van der Waals surface area contributed by atoms with E-state index in [1.807, 2.05) is 20.8 Å². The van der Waals surface area contributed by atoms with E-state index in [-0.39, 0.29) is 48.0 Å². The Morgan fingerprint density at radius 1 is 0.929 bits per heavy atom. The predicted octanol–water partition coefficient (Wildman–Crippen LogP) is 2.98. The van der Waals surface area contributed by atoms with Crippen LogP contribution in [-0.2, 0) is 23.8 Å². The summed E-state index contributed by atoms with van der Waals surface area (Å²) in [5.74, 6) is 3.07. The normalized spacial score (nSPS) is 54.1. The van der Waals surface area contributed by atoms with Crippen molar-refractivity contribution in [2.45, 2.75) is 64.4 Å². The number of carbonyl (C=O) groups excluding carboxylic acids is 2. The van der Waals surface area contributed by atoms with Crippen molar-refractivity contribution in [2.24, 2.45) is 53.3 Å². The van der Waals surface area contributed by atoms with Crippen LogP contribution in [0.15, 0.2) is 12.2 Å². The maximum absolute atomic E-state index is 13.1. The summed E-state index contributed by atoms with van der Waals surface area (Å²) in [6.45, 7) is 7.14. The van der Waals surface area contributed by atoms with Gasteiger partial charge in [-0.3, -0.25) is 9.59 Å². The van der Waals surface area contributed by atoms with Crippen LogP contribution in [0.1, 0.15) is 40.5 Å². The Morgan fingerprint density at radius 2 is 1.54 bits per heavy atom. The minimum absolute atomic E-state index is 0.197. The van der Waals surface area contributed by atoms with Crippen LogP contribution >= 0.6 is 0 Å². The lowest BCUT2D eigenvalue weighted by molar-refractivity contribution is -0.176. The molecule has 6 aliphatic rings. The molecule has 152 valence electrons. The first-order valence-corrected chi connectivity index (χ1v) is 11.0. The van der Waals surface area contributed by atoms with Crippen molar-refractivity contribution >= 4 is 11.9 Å². The Morgan fingerprint density at radius 3 is 2.11 bits per heavy atom. The van der Waals surface area contributed by atoms with Crippen molar-refractivity contribution in [1.29, 1.82) is 0 Å². The van der Waals surface area contributed by atoms with Crippen LogP contribution in [0, 0.1) is 53.3 Å². The average molecular weight is 386 g/mol. The molecule has 5 nitrogen and oxygen atoms in total. The summed E-state index contributed by atoms with van der Waals surface area (Å²) in [6.07, 6.45) is 7.27. The highest BCUT2D eigenvalue weighted by atomic mass is 16.6. The summed E-state index contributed by atoms with van der Waals surface area (Å²) in [5.41, 5.74) is -0.537. The maximum atomic E-state index is 13.1. The molecule has 28 heavy (non-hydrogen) atoms. The lowest BCUT2D eigenvalue weighted by Crippen LogP contribution is -2.52. The number of hydrogen-bond donors (Lipinski definition) is 0. The molecule has 2 aliphatic heterocycles. The summed E-state index contributed by atoms with van der Waals surface area (Å²) in [5, 5.41) is 0. The SMILES string of the molecule is CC(=O)OC1C2CC(C1C(=O)OC(C)(C)C)C1C3OC(C4C5C=CC(C5)C34)C21. The molecule has 0 radical (unpaired) electrons. The van der Waals surface area contributed by atoms with Crippen LogP contribution < -0.4 is 0 Å². The van der Waals surface area contributed by atoms with E-state index >= 15 is 0 Å². The van der Waals surface area contributed by atoms with Crippen LogP contribution in [0.4, 0.5) is 0 Å². The van der Waals surface area contributed by atoms with E-state index in [0.29, 0.717) is 35.5 Å². The fourth-order valence-corrected chi connectivity index (χ4v) is 8.29. The molecule has 0 aromatic carbocycles. The fraction of sp³-hybridized carbons (Fsp3) is 0.826. The maximum Gasteiger partial charge on any atom is 0.313 e. The van der Waals surface area contributed by atoms with Gasteiger partial charge in [0.15, 0.2) is 0 Å². The first-order valence-electron chi connectivity index (χ1n) is 11.0. The molecular formula is C23H30O5. The van der Waals surface area contributed by atoms with Gasteiger partial charge >= 0.3 is 11.9 Å². The second-order valence-corrected chi connectivity index (χ2v) is 11.0. The van der Waals surface area contributed by atoms with Gasteiger partial charge in [0.2, 0.25) is 0 Å². The molecule has 0 aromatic rings. The summed E-state index contributed by atoms with van der Waals surface area (Å²) >= 11 is 0. The van der Waals surface area contributed by atoms with Gasteiger partial charge in [-0.15, -0.1) is 0 Å². The average Bonchev–Trinajstić information content (AvgIpc) is 3.36. The van der Waals surface area contributed by atoms with Gasteiger partial charge in [-0.2, -0.15) is 0 Å². The number of rotatable bonds is 2. The van der Waals surface area contributed by atoms with Crippen LogP contribution in [0.25, 0.3) is 0 Å². The van der Waals surface area contributed by atoms with Gasteiger partial charge in [0.05, 0.1) is 18.1 Å². The van der Waals surface area contributed by atoms with Gasteiger partial charge in [-0.25, -0.2) is 0 Å². The third kappa shape index (κ3) is 2.12. The van der Waals surface area contributed by atoms with Crippen LogP contribution in [0.3, 0.4) is 0 Å². The molecule has 12 atom stereocenters. The van der Waals surface area contributed by atoms with Gasteiger partial charge in [0.1, 0.15) is 11.7 Å². The van der Waals surface area contributed by atoms with Crippen molar-refractivity contribution in [1.82, 2.24) is 0 Å². The summed E-state index contributed by atoms with van der Waals surface area (Å²) < 4.78 is 18.2. The monoisotopic (exact) mass is 386 g/mol. The van der Waals surface area contributed by atoms with E-state index < -0.39 is 5.60 Å². The number of hydrogen-bond acceptors (Lipinski definition) is 5. The molecule has 5 fully saturated rings. The van der Waals surface area contributed by atoms with Crippen molar-refractivity contribution in [3.05, 3.63) is 12.2 Å². The molecule has 2 heterocycles. The Labute approximate surface area is 166 Å². The largest absolute Gasteiger partial charge is 0.461 e. The Bertz CT molecular complexity index is 765. The molecule has 5 heteroatoms. The smallest absolute Gasteiger partial charge is 0.313 e. The fourth-order valence-electron chi connectivity index (χ4n) is 8.29. The van der Waals surface area contributed by atoms with E-state index in [9.17, 15) is 9.59 Å². The predicted molar refractivity (Wildman–Crippen MR) is 99.8 cm³/mol. The van der Waals surface area contributed by atoms with Crippen LogP contribution in [-0.4, -0.2) is 35.9 Å². The van der Waals surface area contributed by atoms with Gasteiger partial charge in [-0.05, 0) is 75.0 Å². The summed E-state index contributed by atoms with van der Waals surface area (Å²) in [6, 6.07) is 0. The highest BCUT2D eigenvalue weighted by Gasteiger charge is 2.75. The zero-order chi connectivity index (χ0) is 19.5. The number of allylic oxidation sites excluding steroid dienone is 2. The van der Waals surface area contributed by atoms with Gasteiger partial charge in [0, 0.05) is 12.8 Å². The molecule has 3 saturated carbocycles. The van der Waals surface area contributed by atoms with Crippen molar-refractivity contribution in [2.75, 3.05) is 0 Å². The van der Waals surface area contributed by atoms with Crippen molar-refractivity contribution in [3.8, 4) is 0 Å². The number of esters is 2. The highest BCUT2D eigenvalue weighted by molar-refractivity contribution is 5.76. The molecule has 0 N–H and O–H groups in total. The van der Waals surface area contributed by atoms with Crippen molar-refractivity contribution in [3.63, 3.8) is 0 Å². The summed E-state index contributed by atoms with van der Waals surface area (Å²) in [4.78, 5) is 25.0. The minimum atomic E-state index is -0.537. The molecule has 0 amide bonds. The quantitative estimate of drug-likeness (QED) is 0.539. The molecule has 6 bridgehead atoms. The first kappa shape index (κ1) is 17.5. The number of carbonyl (C=O) groups is 2. The molecule has 4 aliphatic carbocycles. The standard InChI is InChI=1S/C23H30O5/c1-9(24)26-19-13-8-12(18(19)22(25)28-23(2,3)4)16-17(13)21-15-11-6-5-10(7-11)14(15)20(16)27-21/h5-6,10-21H,7-8H2,1-4H3. The highest BCUT2D eigenvalue weighted by Crippen LogP contribution is 2.72. The van der Waals surface area contributed by atoms with Gasteiger partial charge in [-0.1, -0.05) is 12.2 Å². The van der Waals surface area contributed by atoms with Gasteiger partial charge in [0.25, 0.3) is 0 Å². The lowest BCUT2D eigenvalue weighted by Gasteiger charge is -2.45. The minimum Gasteiger partial charge on any atom is -0.461 e. The number of ether oxygens (including phenoxy) is 3. The Kier molecular flexibility index (Phi) is 3.38. The van der Waals surface area contributed by atoms with E-state index in [0.717, 1.165) is 6.42 Å². The lowest BCUT2D eigenvalue weighted by atomic mass is 9.58. The topological polar surface area (TPSA) is 61.8 Å². The third-order valence-electron chi connectivity index (χ3n) is 8.61. The number of fused-ring (bicyclic) bond motifs is 16. The molecule has 6 rings (SSSR count). The first-order chi connectivity index (χ1) is 13.2. The van der Waals surface area contributed by atoms with Crippen LogP contribution in [0.2, 0.25) is 0 Å². The molecule has 12 unspecified atom stereocenters. The van der Waals surface area contributed by atoms with E-state index in [4.69, 9.17) is 14.2 Å². The van der Waals surface area contributed by atoms with E-state index in [1.54, 1.807) is 0 Å². The molecule has 0 spiro atoms. The second-order valence-electron chi connectivity index (χ2n) is 11.0. The van der Waals surface area contributed by atoms with Crippen molar-refractivity contribution < 1.29 is 23.8 Å². The van der Waals surface area contributed by atoms with Gasteiger partial charge < -0.3 is 14.2 Å². The molecular weight excluding hydrogens is 356 g/mol. The zero-order valence-electron chi connectivity index (χ0n) is 17.0. The van der Waals surface area contributed by atoms with Crippen LogP contribution in [0.5, 0.6) is 0 Å². The molecule has 2 saturated heterocycles. The zero-order valence-corrected chi connectivity index (χ0v) is 17.0. The van der Waals surface area contributed by atoms with E-state index in [2.05, 4.69) is 12.2 Å². The third-order valence-corrected chi connectivity index (χ3v) is 8.61. The Balaban J connectivity index is 1.34.